The van der Waals surface area contributed by atoms with Gasteiger partial charge >= 0.3 is 0 Å². The van der Waals surface area contributed by atoms with E-state index in [0.717, 1.165) is 11.4 Å². The largest absolute Gasteiger partial charge is 0.349 e. The Labute approximate surface area is 78.0 Å². The lowest BCUT2D eigenvalue weighted by molar-refractivity contribution is -0.128. The van der Waals surface area contributed by atoms with Crippen LogP contribution in [-0.4, -0.2) is 34.9 Å². The van der Waals surface area contributed by atoms with Crippen molar-refractivity contribution in [3.63, 3.8) is 0 Å². The summed E-state index contributed by atoms with van der Waals surface area (Å²) in [4.78, 5) is 19.9. The first-order chi connectivity index (χ1) is 6.11. The summed E-state index contributed by atoms with van der Waals surface area (Å²) in [5, 5.41) is 0. The first-order valence-corrected chi connectivity index (χ1v) is 4.30. The topological polar surface area (TPSA) is 49.0 Å². The molecule has 0 aromatic carbocycles. The average Bonchev–Trinajstić information content (AvgIpc) is 2.47. The minimum atomic E-state index is 0.141. The van der Waals surface area contributed by atoms with E-state index in [2.05, 4.69) is 9.97 Å². The molecule has 1 aromatic heterocycles. The smallest absolute Gasteiger partial charge is 0.222 e. The number of hydrogen-bond donors (Lipinski definition) is 1. The van der Waals surface area contributed by atoms with Crippen molar-refractivity contribution >= 4 is 5.91 Å². The maximum absolute atomic E-state index is 11.2. The number of aromatic amines is 1. The predicted octanol–water partition coefficient (Wildman–Crippen LogP) is 0.739. The first kappa shape index (κ1) is 9.77. The van der Waals surface area contributed by atoms with E-state index in [0.29, 0.717) is 12.8 Å². The van der Waals surface area contributed by atoms with Crippen LogP contribution >= 0.6 is 0 Å². The van der Waals surface area contributed by atoms with E-state index >= 15 is 0 Å². The summed E-state index contributed by atoms with van der Waals surface area (Å²) in [5.74, 6) is 0.141. The van der Waals surface area contributed by atoms with E-state index in [-0.39, 0.29) is 5.91 Å². The van der Waals surface area contributed by atoms with E-state index in [1.807, 2.05) is 6.92 Å². The number of rotatable bonds is 3. The lowest BCUT2D eigenvalue weighted by atomic mass is 10.2. The lowest BCUT2D eigenvalue weighted by Crippen LogP contribution is -2.21. The molecule has 0 aliphatic heterocycles. The molecule has 1 aromatic rings. The number of H-pyrrole nitrogens is 1. The molecule has 1 N–H and O–H groups in total. The van der Waals surface area contributed by atoms with Gasteiger partial charge in [0.2, 0.25) is 5.91 Å². The van der Waals surface area contributed by atoms with Crippen LogP contribution in [0.4, 0.5) is 0 Å². The molecule has 0 saturated carbocycles. The first-order valence-electron chi connectivity index (χ1n) is 4.30. The number of carbonyl (C=O) groups excluding carboxylic acids is 1. The number of nitrogens with zero attached hydrogens (tertiary/aromatic N) is 2. The Balaban J connectivity index is 2.44. The van der Waals surface area contributed by atoms with Gasteiger partial charge in [-0.1, -0.05) is 0 Å². The summed E-state index contributed by atoms with van der Waals surface area (Å²) in [7, 11) is 3.53. The molecular formula is C9H15N3O. The Hall–Kier alpha value is -1.32. The average molecular weight is 181 g/mol. The number of hydrogen-bond acceptors (Lipinski definition) is 2. The zero-order valence-corrected chi connectivity index (χ0v) is 8.29. The van der Waals surface area contributed by atoms with Gasteiger partial charge in [-0.3, -0.25) is 4.79 Å². The Bertz CT molecular complexity index is 291. The molecule has 4 nitrogen and oxygen atoms in total. The van der Waals surface area contributed by atoms with Gasteiger partial charge in [-0.05, 0) is 6.92 Å². The van der Waals surface area contributed by atoms with Crippen molar-refractivity contribution in [1.29, 1.82) is 0 Å². The minimum absolute atomic E-state index is 0.141. The number of nitrogens with one attached hydrogen (secondary N) is 1. The van der Waals surface area contributed by atoms with Gasteiger partial charge in [-0.15, -0.1) is 0 Å². The second-order valence-electron chi connectivity index (χ2n) is 3.26. The van der Waals surface area contributed by atoms with Crippen LogP contribution in [-0.2, 0) is 11.2 Å². The van der Waals surface area contributed by atoms with Gasteiger partial charge in [0.1, 0.15) is 0 Å². The number of aromatic nitrogens is 2. The molecule has 4 heteroatoms. The molecule has 0 saturated heterocycles. The molecule has 0 radical (unpaired) electrons. The van der Waals surface area contributed by atoms with Gasteiger partial charge < -0.3 is 9.88 Å². The van der Waals surface area contributed by atoms with Gasteiger partial charge in [0.15, 0.2) is 0 Å². The molecule has 0 aliphatic rings. The zero-order valence-electron chi connectivity index (χ0n) is 8.29. The van der Waals surface area contributed by atoms with E-state index in [1.54, 1.807) is 25.3 Å². The Morgan fingerprint density at radius 1 is 1.62 bits per heavy atom. The highest BCUT2D eigenvalue weighted by Crippen LogP contribution is 2.04. The van der Waals surface area contributed by atoms with Crippen molar-refractivity contribution < 1.29 is 4.79 Å². The van der Waals surface area contributed by atoms with Crippen molar-refractivity contribution in [2.75, 3.05) is 14.1 Å². The Kier molecular flexibility index (Phi) is 3.06. The highest BCUT2D eigenvalue weighted by atomic mass is 16.2. The van der Waals surface area contributed by atoms with E-state index in [1.165, 1.54) is 0 Å². The lowest BCUT2D eigenvalue weighted by Gasteiger charge is -2.08. The molecule has 0 atom stereocenters. The monoisotopic (exact) mass is 181 g/mol. The fourth-order valence-corrected chi connectivity index (χ4v) is 1.09. The summed E-state index contributed by atoms with van der Waals surface area (Å²) >= 11 is 0. The maximum Gasteiger partial charge on any atom is 0.222 e. The Morgan fingerprint density at radius 2 is 2.31 bits per heavy atom. The summed E-state index contributed by atoms with van der Waals surface area (Å²) in [6.45, 7) is 1.96. The quantitative estimate of drug-likeness (QED) is 0.747. The molecule has 0 spiro atoms. The van der Waals surface area contributed by atoms with Crippen molar-refractivity contribution in [2.24, 2.45) is 0 Å². The number of amides is 1. The highest BCUT2D eigenvalue weighted by Gasteiger charge is 2.06. The van der Waals surface area contributed by atoms with Crippen LogP contribution < -0.4 is 0 Å². The summed E-state index contributed by atoms with van der Waals surface area (Å²) in [5.41, 5.74) is 2.03. The van der Waals surface area contributed by atoms with E-state index in [9.17, 15) is 4.79 Å². The van der Waals surface area contributed by atoms with Crippen LogP contribution in [0.25, 0.3) is 0 Å². The predicted molar refractivity (Wildman–Crippen MR) is 50.3 cm³/mol. The maximum atomic E-state index is 11.2. The molecule has 0 unspecified atom stereocenters. The molecule has 0 fully saturated rings. The highest BCUT2D eigenvalue weighted by molar-refractivity contribution is 5.75. The van der Waals surface area contributed by atoms with Crippen molar-refractivity contribution in [1.82, 2.24) is 14.9 Å². The van der Waals surface area contributed by atoms with Gasteiger partial charge in [-0.25, -0.2) is 4.98 Å². The van der Waals surface area contributed by atoms with Crippen LogP contribution in [0.5, 0.6) is 0 Å². The summed E-state index contributed by atoms with van der Waals surface area (Å²) in [6.07, 6.45) is 2.90. The molecule has 0 aliphatic carbocycles. The second kappa shape index (κ2) is 4.07. The van der Waals surface area contributed by atoms with Crippen molar-refractivity contribution in [3.05, 3.63) is 17.7 Å². The summed E-state index contributed by atoms with van der Waals surface area (Å²) < 4.78 is 0. The number of carbonyl (C=O) groups is 1. The van der Waals surface area contributed by atoms with Gasteiger partial charge in [-0.2, -0.15) is 0 Å². The third kappa shape index (κ3) is 2.57. The summed E-state index contributed by atoms with van der Waals surface area (Å²) in [6, 6.07) is 0. The van der Waals surface area contributed by atoms with Gasteiger partial charge in [0.25, 0.3) is 0 Å². The molecule has 1 heterocycles. The zero-order chi connectivity index (χ0) is 9.84. The fourth-order valence-electron chi connectivity index (χ4n) is 1.09. The van der Waals surface area contributed by atoms with E-state index in [4.69, 9.17) is 0 Å². The molecular weight excluding hydrogens is 166 g/mol. The third-order valence-corrected chi connectivity index (χ3v) is 2.01. The number of aryl methyl sites for hydroxylation is 2. The molecule has 1 amide bonds. The van der Waals surface area contributed by atoms with Crippen LogP contribution in [0.1, 0.15) is 17.8 Å². The minimum Gasteiger partial charge on any atom is -0.349 e. The normalized spacial score (nSPS) is 10.1. The van der Waals surface area contributed by atoms with Crippen LogP contribution in [0.3, 0.4) is 0 Å². The molecule has 72 valence electrons. The van der Waals surface area contributed by atoms with E-state index < -0.39 is 0 Å². The fraction of sp³-hybridized carbons (Fsp3) is 0.556. The third-order valence-electron chi connectivity index (χ3n) is 2.01. The van der Waals surface area contributed by atoms with Crippen molar-refractivity contribution in [3.8, 4) is 0 Å². The second-order valence-corrected chi connectivity index (χ2v) is 3.26. The van der Waals surface area contributed by atoms with Crippen LogP contribution in [0.2, 0.25) is 0 Å². The van der Waals surface area contributed by atoms with Crippen LogP contribution in [0, 0.1) is 6.92 Å². The van der Waals surface area contributed by atoms with Gasteiger partial charge in [0.05, 0.1) is 12.0 Å². The molecule has 0 bridgehead atoms. The standard InChI is InChI=1S/C9H15N3O/c1-7-8(11-6-10-7)4-5-9(13)12(2)3/h6H,4-5H2,1-3H3,(H,10,11). The number of imidazole rings is 1. The SMILES string of the molecule is Cc1[nH]cnc1CCC(=O)N(C)C. The van der Waals surface area contributed by atoms with Crippen LogP contribution in [0.15, 0.2) is 6.33 Å². The molecule has 13 heavy (non-hydrogen) atoms. The molecule has 1 rings (SSSR count). The van der Waals surface area contributed by atoms with Crippen molar-refractivity contribution in [2.45, 2.75) is 19.8 Å². The Morgan fingerprint density at radius 3 is 2.77 bits per heavy atom. The van der Waals surface area contributed by atoms with Gasteiger partial charge in [0, 0.05) is 32.6 Å².